The summed E-state index contributed by atoms with van der Waals surface area (Å²) in [5.74, 6) is -0.169. The number of esters is 1. The fourth-order valence-electron chi connectivity index (χ4n) is 2.77. The van der Waals surface area contributed by atoms with Crippen LogP contribution < -0.4 is 19.5 Å². The molecular formula is C21H25ClN2O8S. The Morgan fingerprint density at radius 2 is 1.61 bits per heavy atom. The molecule has 12 heteroatoms. The van der Waals surface area contributed by atoms with E-state index in [9.17, 15) is 18.0 Å². The van der Waals surface area contributed by atoms with Crippen molar-refractivity contribution in [2.45, 2.75) is 11.3 Å². The number of hydrogen-bond donors (Lipinski definition) is 1. The largest absolute Gasteiger partial charge is 0.493 e. The Balaban J connectivity index is 2.03. The highest BCUT2D eigenvalue weighted by Crippen LogP contribution is 2.38. The van der Waals surface area contributed by atoms with E-state index in [1.54, 1.807) is 12.1 Å². The highest BCUT2D eigenvalue weighted by molar-refractivity contribution is 7.89. The lowest BCUT2D eigenvalue weighted by Gasteiger charge is -2.14. The minimum Gasteiger partial charge on any atom is -0.493 e. The van der Waals surface area contributed by atoms with Gasteiger partial charge in [-0.2, -0.15) is 0 Å². The molecule has 10 nitrogen and oxygen atoms in total. The van der Waals surface area contributed by atoms with Gasteiger partial charge in [0.1, 0.15) is 4.90 Å². The number of benzene rings is 2. The number of halogens is 1. The van der Waals surface area contributed by atoms with Crippen molar-refractivity contribution in [1.82, 2.24) is 4.31 Å². The average Bonchev–Trinajstić information content (AvgIpc) is 2.77. The molecule has 0 radical (unpaired) electrons. The number of sulfonamides is 1. The Bertz CT molecular complexity index is 1110. The number of rotatable bonds is 10. The molecule has 2 aromatic carbocycles. The van der Waals surface area contributed by atoms with Crippen LogP contribution in [0.5, 0.6) is 17.2 Å². The van der Waals surface area contributed by atoms with E-state index in [1.165, 1.54) is 53.6 Å². The zero-order valence-electron chi connectivity index (χ0n) is 18.8. The van der Waals surface area contributed by atoms with E-state index in [-0.39, 0.29) is 22.0 Å². The molecule has 0 bridgehead atoms. The molecule has 0 aliphatic heterocycles. The van der Waals surface area contributed by atoms with Gasteiger partial charge in [0.2, 0.25) is 15.8 Å². The normalized spacial score (nSPS) is 11.1. The number of carbonyl (C=O) groups is 2. The third kappa shape index (κ3) is 6.50. The van der Waals surface area contributed by atoms with Crippen LogP contribution in [0.2, 0.25) is 5.02 Å². The van der Waals surface area contributed by atoms with Crippen LogP contribution in [-0.2, 0) is 30.8 Å². The van der Waals surface area contributed by atoms with Crippen molar-refractivity contribution in [3.8, 4) is 17.2 Å². The highest BCUT2D eigenvalue weighted by Gasteiger charge is 2.22. The zero-order valence-corrected chi connectivity index (χ0v) is 20.4. The molecule has 0 saturated heterocycles. The lowest BCUT2D eigenvalue weighted by Crippen LogP contribution is -2.24. The summed E-state index contributed by atoms with van der Waals surface area (Å²) in [7, 11) is 3.30. The number of amides is 1. The van der Waals surface area contributed by atoms with Crippen LogP contribution in [0.1, 0.15) is 5.56 Å². The smallest absolute Gasteiger partial charge is 0.310 e. The summed E-state index contributed by atoms with van der Waals surface area (Å²) >= 11 is 5.99. The van der Waals surface area contributed by atoms with Gasteiger partial charge in [-0.05, 0) is 35.9 Å². The molecule has 0 atom stereocenters. The van der Waals surface area contributed by atoms with E-state index in [0.29, 0.717) is 22.8 Å². The summed E-state index contributed by atoms with van der Waals surface area (Å²) in [6.45, 7) is -0.568. The SMILES string of the molecule is COc1cc(CC(=O)OCC(=O)Nc2ccc(Cl)c(S(=O)(=O)N(C)C)c2)cc(OC)c1OC. The fraction of sp³-hybridized carbons (Fsp3) is 0.333. The lowest BCUT2D eigenvalue weighted by atomic mass is 10.1. The predicted molar refractivity (Wildman–Crippen MR) is 122 cm³/mol. The van der Waals surface area contributed by atoms with Crippen molar-refractivity contribution in [1.29, 1.82) is 0 Å². The second kappa shape index (κ2) is 11.2. The second-order valence-corrected chi connectivity index (χ2v) is 9.38. The second-order valence-electron chi connectivity index (χ2n) is 6.85. The van der Waals surface area contributed by atoms with Gasteiger partial charge < -0.3 is 24.3 Å². The van der Waals surface area contributed by atoms with Crippen LogP contribution in [-0.4, -0.2) is 66.6 Å². The molecule has 0 heterocycles. The maximum atomic E-state index is 12.3. The Morgan fingerprint density at radius 3 is 2.12 bits per heavy atom. The summed E-state index contributed by atoms with van der Waals surface area (Å²) in [5.41, 5.74) is 0.719. The molecular weight excluding hydrogens is 476 g/mol. The average molecular weight is 501 g/mol. The number of carbonyl (C=O) groups excluding carboxylic acids is 2. The van der Waals surface area contributed by atoms with Gasteiger partial charge in [-0.3, -0.25) is 9.59 Å². The minimum absolute atomic E-state index is 0.0125. The van der Waals surface area contributed by atoms with Crippen molar-refractivity contribution in [3.63, 3.8) is 0 Å². The molecule has 1 N–H and O–H groups in total. The van der Waals surface area contributed by atoms with Crippen LogP contribution in [0.25, 0.3) is 0 Å². The van der Waals surface area contributed by atoms with E-state index >= 15 is 0 Å². The van der Waals surface area contributed by atoms with Crippen LogP contribution in [0.15, 0.2) is 35.2 Å². The topological polar surface area (TPSA) is 120 Å². The van der Waals surface area contributed by atoms with Crippen molar-refractivity contribution < 1.29 is 37.0 Å². The van der Waals surface area contributed by atoms with Gasteiger partial charge >= 0.3 is 5.97 Å². The molecule has 180 valence electrons. The van der Waals surface area contributed by atoms with Gasteiger partial charge in [-0.15, -0.1) is 0 Å². The van der Waals surface area contributed by atoms with Gasteiger partial charge in [-0.25, -0.2) is 12.7 Å². The van der Waals surface area contributed by atoms with Crippen LogP contribution >= 0.6 is 11.6 Å². The monoisotopic (exact) mass is 500 g/mol. The van der Waals surface area contributed by atoms with Gasteiger partial charge in [-0.1, -0.05) is 11.6 Å². The summed E-state index contributed by atoms with van der Waals surface area (Å²) < 4.78 is 46.4. The molecule has 0 unspecified atom stereocenters. The van der Waals surface area contributed by atoms with Gasteiger partial charge in [0.15, 0.2) is 18.1 Å². The fourth-order valence-corrected chi connectivity index (χ4v) is 4.17. The quantitative estimate of drug-likeness (QED) is 0.493. The molecule has 1 amide bonds. The molecule has 33 heavy (non-hydrogen) atoms. The van der Waals surface area contributed by atoms with Crippen molar-refractivity contribution in [2.24, 2.45) is 0 Å². The number of hydrogen-bond acceptors (Lipinski definition) is 8. The van der Waals surface area contributed by atoms with E-state index in [4.69, 9.17) is 30.5 Å². The number of ether oxygens (including phenoxy) is 4. The summed E-state index contributed by atoms with van der Waals surface area (Å²) in [6, 6.07) is 7.22. The number of nitrogens with one attached hydrogen (secondary N) is 1. The van der Waals surface area contributed by atoms with Gasteiger partial charge in [0.25, 0.3) is 5.91 Å². The Morgan fingerprint density at radius 1 is 1.00 bits per heavy atom. The first kappa shape index (κ1) is 26.2. The van der Waals surface area contributed by atoms with Crippen molar-refractivity contribution >= 4 is 39.2 Å². The zero-order chi connectivity index (χ0) is 24.8. The molecule has 0 saturated carbocycles. The van der Waals surface area contributed by atoms with Crippen molar-refractivity contribution in [2.75, 3.05) is 47.3 Å². The third-order valence-corrected chi connectivity index (χ3v) is 6.71. The first-order chi connectivity index (χ1) is 15.5. The first-order valence-electron chi connectivity index (χ1n) is 9.50. The molecule has 0 aliphatic carbocycles. The van der Waals surface area contributed by atoms with Crippen LogP contribution in [0.3, 0.4) is 0 Å². The Kier molecular flexibility index (Phi) is 8.91. The van der Waals surface area contributed by atoms with Gasteiger partial charge in [0, 0.05) is 19.8 Å². The van der Waals surface area contributed by atoms with Crippen molar-refractivity contribution in [3.05, 3.63) is 40.9 Å². The maximum Gasteiger partial charge on any atom is 0.310 e. The third-order valence-electron chi connectivity index (χ3n) is 4.41. The predicted octanol–water partition coefficient (Wildman–Crippen LogP) is 2.34. The maximum absolute atomic E-state index is 12.3. The Hall–Kier alpha value is -3.02. The summed E-state index contributed by atoms with van der Waals surface area (Å²) in [6.07, 6.45) is -0.143. The molecule has 2 aromatic rings. The molecule has 0 aliphatic rings. The van der Waals surface area contributed by atoms with E-state index in [1.807, 2.05) is 0 Å². The van der Waals surface area contributed by atoms with Crippen LogP contribution in [0.4, 0.5) is 5.69 Å². The molecule has 0 aromatic heterocycles. The Labute approximate surface area is 197 Å². The summed E-state index contributed by atoms with van der Waals surface area (Å²) in [5, 5.41) is 2.49. The molecule has 0 fully saturated rings. The van der Waals surface area contributed by atoms with Gasteiger partial charge in [0.05, 0.1) is 32.8 Å². The van der Waals surface area contributed by atoms with E-state index in [0.717, 1.165) is 4.31 Å². The minimum atomic E-state index is -3.81. The lowest BCUT2D eigenvalue weighted by molar-refractivity contribution is -0.146. The van der Waals surface area contributed by atoms with E-state index in [2.05, 4.69) is 5.32 Å². The standard InChI is InChI=1S/C21H25ClN2O8S/c1-24(2)33(27,28)18-11-14(6-7-15(18)22)23-19(25)12-32-20(26)10-13-8-16(29-3)21(31-5)17(9-13)30-4/h6-9,11H,10,12H2,1-5H3,(H,23,25). The molecule has 2 rings (SSSR count). The van der Waals surface area contributed by atoms with E-state index < -0.39 is 28.5 Å². The highest BCUT2D eigenvalue weighted by atomic mass is 35.5. The number of nitrogens with zero attached hydrogens (tertiary/aromatic N) is 1. The number of anilines is 1. The molecule has 0 spiro atoms. The number of methoxy groups -OCH3 is 3. The summed E-state index contributed by atoms with van der Waals surface area (Å²) in [4.78, 5) is 24.2. The first-order valence-corrected chi connectivity index (χ1v) is 11.3. The van der Waals surface area contributed by atoms with Crippen LogP contribution in [0, 0.1) is 0 Å².